The molecule has 0 aromatic heterocycles. The molecule has 0 aliphatic rings. The first-order valence-electron chi connectivity index (χ1n) is 7.19. The van der Waals surface area contributed by atoms with E-state index in [1.54, 1.807) is 57.5 Å². The summed E-state index contributed by atoms with van der Waals surface area (Å²) in [4.78, 5) is 12.3. The number of hydrogen-bond donors (Lipinski definition) is 2. The number of nitrogens with one attached hydrogen (secondary N) is 2. The van der Waals surface area contributed by atoms with Gasteiger partial charge in [-0.3, -0.25) is 4.79 Å². The predicted octanol–water partition coefficient (Wildman–Crippen LogP) is 4.45. The number of anilines is 2. The van der Waals surface area contributed by atoms with E-state index in [-0.39, 0.29) is 5.91 Å². The summed E-state index contributed by atoms with van der Waals surface area (Å²) in [6.45, 7) is 1.75. The third kappa shape index (κ3) is 4.46. The maximum absolute atomic E-state index is 12.3. The van der Waals surface area contributed by atoms with E-state index in [0.29, 0.717) is 27.2 Å². The molecule has 0 spiro atoms. The minimum atomic E-state index is -0.491. The van der Waals surface area contributed by atoms with Crippen LogP contribution >= 0.6 is 23.2 Å². The van der Waals surface area contributed by atoms with Crippen LogP contribution in [0.15, 0.2) is 36.4 Å². The quantitative estimate of drug-likeness (QED) is 0.790. The van der Waals surface area contributed by atoms with Gasteiger partial charge in [0.25, 0.3) is 0 Å². The van der Waals surface area contributed by atoms with Gasteiger partial charge in [-0.25, -0.2) is 0 Å². The zero-order valence-corrected chi connectivity index (χ0v) is 15.0. The summed E-state index contributed by atoms with van der Waals surface area (Å²) in [6.07, 6.45) is 0. The third-order valence-corrected chi connectivity index (χ3v) is 3.90. The second-order valence-corrected chi connectivity index (χ2v) is 5.89. The molecule has 0 aliphatic heterocycles. The van der Waals surface area contributed by atoms with Gasteiger partial charge in [0.05, 0.1) is 24.9 Å². The van der Waals surface area contributed by atoms with Crippen LogP contribution in [0.2, 0.25) is 10.0 Å². The van der Waals surface area contributed by atoms with E-state index in [4.69, 9.17) is 32.7 Å². The predicted molar refractivity (Wildman–Crippen MR) is 97.7 cm³/mol. The number of rotatable bonds is 6. The van der Waals surface area contributed by atoms with Crippen molar-refractivity contribution >= 4 is 40.5 Å². The highest BCUT2D eigenvalue weighted by Crippen LogP contribution is 2.30. The van der Waals surface area contributed by atoms with Gasteiger partial charge >= 0.3 is 0 Å². The highest BCUT2D eigenvalue weighted by atomic mass is 35.5. The van der Waals surface area contributed by atoms with E-state index >= 15 is 0 Å². The van der Waals surface area contributed by atoms with Gasteiger partial charge in [-0.2, -0.15) is 0 Å². The van der Waals surface area contributed by atoms with Gasteiger partial charge in [0, 0.05) is 16.8 Å². The number of ether oxygens (including phenoxy) is 2. The number of carbonyl (C=O) groups excluding carboxylic acids is 1. The SMILES string of the molecule is COc1ccc(N[C@@H](C)C(=O)Nc2ccc(Cl)cc2Cl)cc1OC. The molecule has 2 N–H and O–H groups in total. The molecule has 0 saturated heterocycles. The molecule has 128 valence electrons. The summed E-state index contributed by atoms with van der Waals surface area (Å²) >= 11 is 11.9. The van der Waals surface area contributed by atoms with Crippen LogP contribution < -0.4 is 20.1 Å². The molecule has 0 radical (unpaired) electrons. The number of carbonyl (C=O) groups is 1. The summed E-state index contributed by atoms with van der Waals surface area (Å²) in [5.41, 5.74) is 1.24. The topological polar surface area (TPSA) is 59.6 Å². The Bertz CT molecular complexity index is 738. The second kappa shape index (κ2) is 8.13. The third-order valence-electron chi connectivity index (χ3n) is 3.35. The standard InChI is InChI=1S/C17H18Cl2N2O3/c1-10(17(22)21-14-6-4-11(18)8-13(14)19)20-12-5-7-15(23-2)16(9-12)24-3/h4-10,20H,1-3H3,(H,21,22)/t10-/m0/s1. The fourth-order valence-corrected chi connectivity index (χ4v) is 2.53. The number of amides is 1. The lowest BCUT2D eigenvalue weighted by atomic mass is 10.2. The highest BCUT2D eigenvalue weighted by molar-refractivity contribution is 6.36. The van der Waals surface area contributed by atoms with E-state index in [9.17, 15) is 4.79 Å². The van der Waals surface area contributed by atoms with Crippen molar-refractivity contribution in [3.05, 3.63) is 46.4 Å². The average molecular weight is 369 g/mol. The Balaban J connectivity index is 2.06. The zero-order chi connectivity index (χ0) is 17.7. The minimum Gasteiger partial charge on any atom is -0.493 e. The molecule has 1 amide bonds. The molecule has 0 fully saturated rings. The molecule has 1 atom stereocenters. The molecule has 5 nitrogen and oxygen atoms in total. The van der Waals surface area contributed by atoms with E-state index in [1.807, 2.05) is 0 Å². The van der Waals surface area contributed by atoms with Crippen LogP contribution in [0, 0.1) is 0 Å². The molecular weight excluding hydrogens is 351 g/mol. The van der Waals surface area contributed by atoms with Crippen molar-refractivity contribution in [1.82, 2.24) is 0 Å². The first-order valence-corrected chi connectivity index (χ1v) is 7.94. The lowest BCUT2D eigenvalue weighted by Crippen LogP contribution is -2.31. The Kier molecular flexibility index (Phi) is 6.17. The Hall–Kier alpha value is -2.11. The molecule has 0 heterocycles. The largest absolute Gasteiger partial charge is 0.493 e. The Morgan fingerprint density at radius 1 is 1.04 bits per heavy atom. The van der Waals surface area contributed by atoms with Crippen LogP contribution in [0.3, 0.4) is 0 Å². The summed E-state index contributed by atoms with van der Waals surface area (Å²) in [5.74, 6) is 0.970. The molecule has 0 bridgehead atoms. The molecule has 0 unspecified atom stereocenters. The average Bonchev–Trinajstić information content (AvgIpc) is 2.57. The lowest BCUT2D eigenvalue weighted by molar-refractivity contribution is -0.116. The summed E-state index contributed by atoms with van der Waals surface area (Å²) < 4.78 is 10.4. The molecule has 2 aromatic carbocycles. The molecule has 7 heteroatoms. The van der Waals surface area contributed by atoms with Crippen LogP contribution in [0.1, 0.15) is 6.92 Å². The van der Waals surface area contributed by atoms with E-state index in [1.165, 1.54) is 0 Å². The smallest absolute Gasteiger partial charge is 0.246 e. The summed E-state index contributed by atoms with van der Waals surface area (Å²) in [5, 5.41) is 6.75. The van der Waals surface area contributed by atoms with Gasteiger partial charge in [-0.1, -0.05) is 23.2 Å². The van der Waals surface area contributed by atoms with Crippen molar-refractivity contribution in [2.75, 3.05) is 24.9 Å². The fourth-order valence-electron chi connectivity index (χ4n) is 2.07. The van der Waals surface area contributed by atoms with Crippen molar-refractivity contribution in [3.63, 3.8) is 0 Å². The number of hydrogen-bond acceptors (Lipinski definition) is 4. The van der Waals surface area contributed by atoms with Gasteiger partial charge in [0.1, 0.15) is 6.04 Å². The Morgan fingerprint density at radius 2 is 1.75 bits per heavy atom. The normalized spacial score (nSPS) is 11.5. The van der Waals surface area contributed by atoms with E-state index < -0.39 is 6.04 Å². The van der Waals surface area contributed by atoms with E-state index in [0.717, 1.165) is 5.69 Å². The van der Waals surface area contributed by atoms with Crippen molar-refractivity contribution in [2.24, 2.45) is 0 Å². The molecule has 2 aromatic rings. The maximum Gasteiger partial charge on any atom is 0.246 e. The molecule has 2 rings (SSSR count). The van der Waals surface area contributed by atoms with Crippen LogP contribution in [0.5, 0.6) is 11.5 Å². The van der Waals surface area contributed by atoms with Crippen LogP contribution in [-0.4, -0.2) is 26.2 Å². The van der Waals surface area contributed by atoms with Gasteiger partial charge < -0.3 is 20.1 Å². The highest BCUT2D eigenvalue weighted by Gasteiger charge is 2.15. The van der Waals surface area contributed by atoms with Gasteiger partial charge in [-0.05, 0) is 37.3 Å². The van der Waals surface area contributed by atoms with Crippen molar-refractivity contribution < 1.29 is 14.3 Å². The van der Waals surface area contributed by atoms with Crippen LogP contribution in [0.25, 0.3) is 0 Å². The van der Waals surface area contributed by atoms with Crippen LogP contribution in [0.4, 0.5) is 11.4 Å². The number of benzene rings is 2. The second-order valence-electron chi connectivity index (χ2n) is 5.05. The lowest BCUT2D eigenvalue weighted by Gasteiger charge is -2.17. The van der Waals surface area contributed by atoms with Crippen LogP contribution in [-0.2, 0) is 4.79 Å². The maximum atomic E-state index is 12.3. The molecular formula is C17H18Cl2N2O3. The van der Waals surface area contributed by atoms with Crippen molar-refractivity contribution in [1.29, 1.82) is 0 Å². The molecule has 0 aliphatic carbocycles. The molecule has 24 heavy (non-hydrogen) atoms. The first-order chi connectivity index (χ1) is 11.4. The number of halogens is 2. The number of methoxy groups -OCH3 is 2. The van der Waals surface area contributed by atoms with Gasteiger partial charge in [0.2, 0.25) is 5.91 Å². The van der Waals surface area contributed by atoms with E-state index in [2.05, 4.69) is 10.6 Å². The first kappa shape index (κ1) is 18.2. The summed E-state index contributed by atoms with van der Waals surface area (Å²) in [6, 6.07) is 9.74. The monoisotopic (exact) mass is 368 g/mol. The molecule has 0 saturated carbocycles. The Morgan fingerprint density at radius 3 is 2.38 bits per heavy atom. The van der Waals surface area contributed by atoms with Gasteiger partial charge in [0.15, 0.2) is 11.5 Å². The van der Waals surface area contributed by atoms with Gasteiger partial charge in [-0.15, -0.1) is 0 Å². The minimum absolute atomic E-state index is 0.228. The fraction of sp³-hybridized carbons (Fsp3) is 0.235. The van der Waals surface area contributed by atoms with Crippen molar-refractivity contribution in [3.8, 4) is 11.5 Å². The summed E-state index contributed by atoms with van der Waals surface area (Å²) in [7, 11) is 3.12. The van der Waals surface area contributed by atoms with Crippen molar-refractivity contribution in [2.45, 2.75) is 13.0 Å². The zero-order valence-electron chi connectivity index (χ0n) is 13.5. The Labute approximate surface area is 150 Å².